The monoisotopic (exact) mass is 610 g/mol. The van der Waals surface area contributed by atoms with Crippen LogP contribution in [-0.2, 0) is 9.53 Å². The summed E-state index contributed by atoms with van der Waals surface area (Å²) >= 11 is 0. The van der Waals surface area contributed by atoms with E-state index >= 15 is 0 Å². The first kappa shape index (κ1) is 32.3. The average Bonchev–Trinajstić information content (AvgIpc) is 3.01. The summed E-state index contributed by atoms with van der Waals surface area (Å²) < 4.78 is 17.0. The number of pyridine rings is 1. The van der Waals surface area contributed by atoms with Gasteiger partial charge in [0.15, 0.2) is 0 Å². The molecule has 1 fully saturated rings. The summed E-state index contributed by atoms with van der Waals surface area (Å²) in [7, 11) is 0. The fourth-order valence-corrected chi connectivity index (χ4v) is 4.44. The molecule has 1 saturated heterocycles. The second kappa shape index (κ2) is 14.7. The van der Waals surface area contributed by atoms with Gasteiger partial charge in [0.05, 0.1) is 23.3 Å². The largest absolute Gasteiger partial charge is 0.444 e. The number of benzene rings is 2. The zero-order valence-corrected chi connectivity index (χ0v) is 25.3. The van der Waals surface area contributed by atoms with Gasteiger partial charge in [0.25, 0.3) is 5.91 Å². The second-order valence-corrected chi connectivity index (χ2v) is 11.3. The number of carbonyl (C=O) groups is 3. The summed E-state index contributed by atoms with van der Waals surface area (Å²) in [6.07, 6.45) is 0.684. The number of carbonyl (C=O) groups excluding carboxylic acids is 3. The Morgan fingerprint density at radius 2 is 1.47 bits per heavy atom. The maximum atomic E-state index is 13.4. The van der Waals surface area contributed by atoms with Gasteiger partial charge in [-0.2, -0.15) is 15.5 Å². The van der Waals surface area contributed by atoms with Crippen LogP contribution in [0.2, 0.25) is 0 Å². The molecule has 12 nitrogen and oxygen atoms in total. The number of alkyl carbamates (subject to hydrolysis) is 1. The predicted octanol–water partition coefficient (Wildman–Crippen LogP) is 5.05. The van der Waals surface area contributed by atoms with E-state index in [0.717, 1.165) is 0 Å². The number of likely N-dealkylation sites (tertiary alicyclic amines) is 1. The van der Waals surface area contributed by atoms with Crippen molar-refractivity contribution in [2.24, 2.45) is 0 Å². The zero-order valence-electron chi connectivity index (χ0n) is 25.3. The van der Waals surface area contributed by atoms with Crippen LogP contribution in [0, 0.1) is 22.7 Å². The number of amides is 3. The number of piperidine rings is 1. The molecule has 2 heterocycles. The third-order valence-corrected chi connectivity index (χ3v) is 6.67. The lowest BCUT2D eigenvalue weighted by Gasteiger charge is -2.32. The molecule has 45 heavy (non-hydrogen) atoms. The Labute approximate surface area is 261 Å². The number of ether oxygens (including phenoxy) is 3. The fraction of sp³-hybridized carbons (Fsp3) is 0.333. The van der Waals surface area contributed by atoms with Crippen molar-refractivity contribution in [3.05, 3.63) is 77.4 Å². The Morgan fingerprint density at radius 3 is 2.02 bits per heavy atom. The van der Waals surface area contributed by atoms with Crippen molar-refractivity contribution in [2.75, 3.05) is 19.6 Å². The van der Waals surface area contributed by atoms with Crippen molar-refractivity contribution in [3.8, 4) is 35.4 Å². The highest BCUT2D eigenvalue weighted by atomic mass is 16.6. The van der Waals surface area contributed by atoms with E-state index in [1.807, 2.05) is 12.1 Å². The lowest BCUT2D eigenvalue weighted by atomic mass is 10.0. The Hall–Kier alpha value is -5.62. The number of rotatable bonds is 9. The van der Waals surface area contributed by atoms with Crippen LogP contribution in [0.15, 0.2) is 60.7 Å². The SMILES string of the molecule is CC(C)(C)OC(=O)NCCC(=O)N1CCC(NC(=O)c2ccc(Oc3ccc(C#N)cc3)nc2Oc2ccc(C#N)cc2)CC1. The molecule has 1 aliphatic rings. The van der Waals surface area contributed by atoms with E-state index in [0.29, 0.717) is 48.6 Å². The van der Waals surface area contributed by atoms with Gasteiger partial charge in [-0.25, -0.2) is 4.79 Å². The molecule has 2 aromatic carbocycles. The van der Waals surface area contributed by atoms with Crippen LogP contribution in [-0.4, -0.2) is 59.1 Å². The first-order valence-corrected chi connectivity index (χ1v) is 14.5. The van der Waals surface area contributed by atoms with Crippen molar-refractivity contribution >= 4 is 17.9 Å². The van der Waals surface area contributed by atoms with Crippen LogP contribution in [0.4, 0.5) is 4.79 Å². The first-order chi connectivity index (χ1) is 21.5. The van der Waals surface area contributed by atoms with E-state index in [1.54, 1.807) is 86.3 Å². The number of aromatic nitrogens is 1. The van der Waals surface area contributed by atoms with Gasteiger partial charge in [0.2, 0.25) is 17.7 Å². The Morgan fingerprint density at radius 1 is 0.889 bits per heavy atom. The molecule has 3 amide bonds. The number of hydrogen-bond acceptors (Lipinski definition) is 9. The third kappa shape index (κ3) is 9.70. The lowest BCUT2D eigenvalue weighted by molar-refractivity contribution is -0.132. The van der Waals surface area contributed by atoms with E-state index in [4.69, 9.17) is 24.7 Å². The molecule has 0 unspecified atom stereocenters. The highest BCUT2D eigenvalue weighted by Gasteiger charge is 2.26. The van der Waals surface area contributed by atoms with Crippen LogP contribution in [0.5, 0.6) is 23.3 Å². The number of nitriles is 2. The molecule has 1 aliphatic heterocycles. The predicted molar refractivity (Wildman–Crippen MR) is 163 cm³/mol. The van der Waals surface area contributed by atoms with Gasteiger partial charge >= 0.3 is 6.09 Å². The Kier molecular flexibility index (Phi) is 10.6. The maximum absolute atomic E-state index is 13.4. The molecule has 0 saturated carbocycles. The van der Waals surface area contributed by atoms with Gasteiger partial charge in [-0.3, -0.25) is 9.59 Å². The summed E-state index contributed by atoms with van der Waals surface area (Å²) in [5.41, 5.74) is 0.501. The molecule has 232 valence electrons. The van der Waals surface area contributed by atoms with E-state index in [2.05, 4.69) is 15.6 Å². The van der Waals surface area contributed by atoms with Gasteiger partial charge < -0.3 is 29.7 Å². The number of hydrogen-bond donors (Lipinski definition) is 2. The number of nitrogens with one attached hydrogen (secondary N) is 2. The van der Waals surface area contributed by atoms with E-state index in [1.165, 1.54) is 0 Å². The van der Waals surface area contributed by atoms with Crippen LogP contribution in [0.1, 0.15) is 61.5 Å². The van der Waals surface area contributed by atoms with Crippen LogP contribution in [0.25, 0.3) is 0 Å². The van der Waals surface area contributed by atoms with Crippen molar-refractivity contribution in [3.63, 3.8) is 0 Å². The molecule has 4 rings (SSSR count). The molecule has 1 aromatic heterocycles. The van der Waals surface area contributed by atoms with Crippen LogP contribution >= 0.6 is 0 Å². The smallest absolute Gasteiger partial charge is 0.407 e. The highest BCUT2D eigenvalue weighted by Crippen LogP contribution is 2.29. The summed E-state index contributed by atoms with van der Waals surface area (Å²) in [4.78, 5) is 44.0. The molecule has 0 bridgehead atoms. The maximum Gasteiger partial charge on any atom is 0.407 e. The quantitative estimate of drug-likeness (QED) is 0.337. The van der Waals surface area contributed by atoms with Gasteiger partial charge in [-0.1, -0.05) is 0 Å². The molecular formula is C33H34N6O6. The van der Waals surface area contributed by atoms with Gasteiger partial charge in [0, 0.05) is 38.2 Å². The Bertz CT molecular complexity index is 1600. The van der Waals surface area contributed by atoms with Crippen molar-refractivity contribution in [1.29, 1.82) is 10.5 Å². The molecule has 0 radical (unpaired) electrons. The van der Waals surface area contributed by atoms with E-state index in [9.17, 15) is 14.4 Å². The molecule has 0 spiro atoms. The highest BCUT2D eigenvalue weighted by molar-refractivity contribution is 5.96. The standard InChI is InChI=1S/C33H34N6O6/c1-33(2,3)45-32(42)36-17-14-29(40)39-18-15-24(16-19-39)37-30(41)27-12-13-28(43-25-8-4-22(20-34)5-9-25)38-31(27)44-26-10-6-23(21-35)7-11-26/h4-13,24H,14-19H2,1-3H3,(H,36,42)(H,37,41). The van der Waals surface area contributed by atoms with Gasteiger partial charge in [-0.15, -0.1) is 0 Å². The van der Waals surface area contributed by atoms with Gasteiger partial charge in [-0.05, 0) is 88.2 Å². The fourth-order valence-electron chi connectivity index (χ4n) is 4.44. The summed E-state index contributed by atoms with van der Waals surface area (Å²) in [5.74, 6) is 0.517. The van der Waals surface area contributed by atoms with E-state index < -0.39 is 17.6 Å². The minimum atomic E-state index is -0.616. The summed E-state index contributed by atoms with van der Waals surface area (Å²) in [5, 5.41) is 23.7. The van der Waals surface area contributed by atoms with Crippen LogP contribution in [0.3, 0.4) is 0 Å². The summed E-state index contributed by atoms with van der Waals surface area (Å²) in [6, 6.07) is 19.9. The second-order valence-electron chi connectivity index (χ2n) is 11.3. The van der Waals surface area contributed by atoms with Gasteiger partial charge in [0.1, 0.15) is 22.7 Å². The molecule has 0 aliphatic carbocycles. The van der Waals surface area contributed by atoms with Crippen molar-refractivity contribution < 1.29 is 28.6 Å². The van der Waals surface area contributed by atoms with Crippen molar-refractivity contribution in [2.45, 2.75) is 51.7 Å². The normalized spacial score (nSPS) is 13.1. The molecule has 0 atom stereocenters. The van der Waals surface area contributed by atoms with Crippen molar-refractivity contribution in [1.82, 2.24) is 20.5 Å². The molecule has 12 heteroatoms. The average molecular weight is 611 g/mol. The zero-order chi connectivity index (χ0) is 32.4. The lowest BCUT2D eigenvalue weighted by Crippen LogP contribution is -2.47. The molecule has 2 N–H and O–H groups in total. The minimum Gasteiger partial charge on any atom is -0.444 e. The molecule has 3 aromatic rings. The molecular weight excluding hydrogens is 576 g/mol. The first-order valence-electron chi connectivity index (χ1n) is 14.5. The topological polar surface area (TPSA) is 167 Å². The number of nitrogens with zero attached hydrogens (tertiary/aromatic N) is 4. The minimum absolute atomic E-state index is 0.00783. The van der Waals surface area contributed by atoms with Crippen LogP contribution < -0.4 is 20.1 Å². The third-order valence-electron chi connectivity index (χ3n) is 6.67. The summed E-state index contributed by atoms with van der Waals surface area (Å²) in [6.45, 7) is 6.39. The van der Waals surface area contributed by atoms with E-state index in [-0.39, 0.29) is 42.2 Å². The Balaban J connectivity index is 1.38.